The lowest BCUT2D eigenvalue weighted by Gasteiger charge is -2.42. The second-order valence-corrected chi connectivity index (χ2v) is 3.50. The SMILES string of the molecule is O=C1NC2C(C(F)(F)F)=CC2(C(F)(F)F)N1. The van der Waals surface area contributed by atoms with E-state index in [0.29, 0.717) is 0 Å². The minimum Gasteiger partial charge on any atom is -0.328 e. The topological polar surface area (TPSA) is 41.1 Å². The van der Waals surface area contributed by atoms with Gasteiger partial charge in [0, 0.05) is 0 Å². The highest BCUT2D eigenvalue weighted by atomic mass is 19.4. The van der Waals surface area contributed by atoms with Crippen LogP contribution in [0.3, 0.4) is 0 Å². The molecule has 90 valence electrons. The summed E-state index contributed by atoms with van der Waals surface area (Å²) in [6, 6.07) is -3.36. The van der Waals surface area contributed by atoms with E-state index in [9.17, 15) is 31.1 Å². The number of hydrogen-bond acceptors (Lipinski definition) is 1. The van der Waals surface area contributed by atoms with Crippen LogP contribution in [0.25, 0.3) is 0 Å². The standard InChI is InChI=1S/C7H4F6N2O/c8-6(9,10)2-1-5(7(11,12)13)3(2)14-4(16)15-5/h1,3H,(H2,14,15,16). The summed E-state index contributed by atoms with van der Waals surface area (Å²) < 4.78 is 74.2. The van der Waals surface area contributed by atoms with E-state index in [-0.39, 0.29) is 6.08 Å². The molecule has 1 aliphatic heterocycles. The monoisotopic (exact) mass is 246 g/mol. The average molecular weight is 246 g/mol. The number of urea groups is 1. The molecule has 2 unspecified atom stereocenters. The van der Waals surface area contributed by atoms with Gasteiger partial charge in [-0.2, -0.15) is 26.3 Å². The van der Waals surface area contributed by atoms with Gasteiger partial charge in [0.1, 0.15) is 0 Å². The molecule has 2 aliphatic rings. The highest BCUT2D eigenvalue weighted by molar-refractivity contribution is 5.82. The van der Waals surface area contributed by atoms with Crippen molar-refractivity contribution in [3.05, 3.63) is 11.6 Å². The lowest BCUT2D eigenvalue weighted by atomic mass is 9.73. The largest absolute Gasteiger partial charge is 0.417 e. The number of halogens is 6. The van der Waals surface area contributed by atoms with Crippen LogP contribution >= 0.6 is 0 Å². The van der Waals surface area contributed by atoms with Crippen LogP contribution in [-0.4, -0.2) is 30.0 Å². The smallest absolute Gasteiger partial charge is 0.328 e. The second kappa shape index (κ2) is 2.64. The highest BCUT2D eigenvalue weighted by Crippen LogP contribution is 2.50. The van der Waals surface area contributed by atoms with E-state index >= 15 is 0 Å². The van der Waals surface area contributed by atoms with Gasteiger partial charge in [-0.05, 0) is 6.08 Å². The second-order valence-electron chi connectivity index (χ2n) is 3.50. The maximum Gasteiger partial charge on any atom is 0.417 e. The van der Waals surface area contributed by atoms with Crippen molar-refractivity contribution in [1.82, 2.24) is 10.6 Å². The summed E-state index contributed by atoms with van der Waals surface area (Å²) in [7, 11) is 0. The summed E-state index contributed by atoms with van der Waals surface area (Å²) in [5.41, 5.74) is -4.31. The van der Waals surface area contributed by atoms with E-state index in [0.717, 1.165) is 0 Å². The summed E-state index contributed by atoms with van der Waals surface area (Å²) >= 11 is 0. The zero-order valence-electron chi connectivity index (χ0n) is 7.33. The number of hydrogen-bond donors (Lipinski definition) is 2. The third-order valence-electron chi connectivity index (χ3n) is 2.54. The molecule has 0 aromatic heterocycles. The van der Waals surface area contributed by atoms with E-state index in [1.807, 2.05) is 0 Å². The van der Waals surface area contributed by atoms with Gasteiger partial charge in [-0.25, -0.2) is 4.79 Å². The molecule has 0 aromatic carbocycles. The maximum absolute atomic E-state index is 12.5. The lowest BCUT2D eigenvalue weighted by molar-refractivity contribution is -0.193. The van der Waals surface area contributed by atoms with Gasteiger partial charge >= 0.3 is 18.4 Å². The molecule has 2 N–H and O–H groups in total. The van der Waals surface area contributed by atoms with E-state index < -0.39 is 35.5 Å². The van der Waals surface area contributed by atoms with Crippen molar-refractivity contribution >= 4 is 6.03 Å². The highest BCUT2D eigenvalue weighted by Gasteiger charge is 2.72. The quantitative estimate of drug-likeness (QED) is 0.493. The van der Waals surface area contributed by atoms with Crippen molar-refractivity contribution in [2.24, 2.45) is 0 Å². The lowest BCUT2D eigenvalue weighted by Crippen LogP contribution is -2.66. The first-order valence-corrected chi connectivity index (χ1v) is 4.03. The van der Waals surface area contributed by atoms with Crippen molar-refractivity contribution in [3.63, 3.8) is 0 Å². The zero-order chi connectivity index (χ0) is 12.4. The van der Waals surface area contributed by atoms with E-state index in [4.69, 9.17) is 0 Å². The first kappa shape index (κ1) is 11.1. The Morgan fingerprint density at radius 3 is 2.19 bits per heavy atom. The predicted octanol–water partition coefficient (Wildman–Crippen LogP) is 1.47. The minimum atomic E-state index is -4.97. The molecular formula is C7H4F6N2O. The van der Waals surface area contributed by atoms with Crippen LogP contribution < -0.4 is 10.6 Å². The third kappa shape index (κ3) is 1.20. The van der Waals surface area contributed by atoms with Gasteiger partial charge in [0.2, 0.25) is 0 Å². The Morgan fingerprint density at radius 2 is 1.75 bits per heavy atom. The van der Waals surface area contributed by atoms with Gasteiger partial charge in [-0.1, -0.05) is 0 Å². The van der Waals surface area contributed by atoms with Gasteiger partial charge in [-0.3, -0.25) is 0 Å². The first-order valence-electron chi connectivity index (χ1n) is 4.03. The number of amides is 2. The van der Waals surface area contributed by atoms with Crippen LogP contribution in [0.5, 0.6) is 0 Å². The Balaban J connectivity index is 2.41. The molecule has 0 spiro atoms. The third-order valence-corrected chi connectivity index (χ3v) is 2.54. The summed E-state index contributed by atoms with van der Waals surface area (Å²) in [5.74, 6) is 0. The van der Waals surface area contributed by atoms with Crippen LogP contribution in [0.4, 0.5) is 31.1 Å². The summed E-state index contributed by atoms with van der Waals surface area (Å²) in [6.07, 6.45) is -9.85. The Bertz CT molecular complexity index is 383. The molecule has 1 aliphatic carbocycles. The van der Waals surface area contributed by atoms with E-state index in [2.05, 4.69) is 0 Å². The van der Waals surface area contributed by atoms with E-state index in [1.54, 1.807) is 5.32 Å². The fourth-order valence-electron chi connectivity index (χ4n) is 1.78. The van der Waals surface area contributed by atoms with Gasteiger partial charge in [0.25, 0.3) is 0 Å². The molecule has 0 saturated carbocycles. The first-order chi connectivity index (χ1) is 7.08. The molecule has 16 heavy (non-hydrogen) atoms. The molecule has 2 atom stereocenters. The predicted molar refractivity (Wildman–Crippen MR) is 38.4 cm³/mol. The van der Waals surface area contributed by atoms with Crippen LogP contribution in [0.1, 0.15) is 0 Å². The number of alkyl halides is 6. The van der Waals surface area contributed by atoms with Crippen molar-refractivity contribution in [1.29, 1.82) is 0 Å². The molecule has 2 amide bonds. The Hall–Kier alpha value is -1.41. The molecule has 0 bridgehead atoms. The maximum atomic E-state index is 12.5. The summed E-state index contributed by atoms with van der Waals surface area (Å²) in [4.78, 5) is 10.7. The number of carbonyl (C=O) groups is 1. The Morgan fingerprint density at radius 1 is 1.19 bits per heavy atom. The number of fused-ring (bicyclic) bond motifs is 1. The van der Waals surface area contributed by atoms with E-state index in [1.165, 1.54) is 5.32 Å². The van der Waals surface area contributed by atoms with Crippen molar-refractivity contribution in [2.45, 2.75) is 23.9 Å². The molecule has 1 fully saturated rings. The average Bonchev–Trinajstić information content (AvgIpc) is 2.24. The minimum absolute atomic E-state index is 0.00440. The van der Waals surface area contributed by atoms with Crippen LogP contribution in [0.15, 0.2) is 11.6 Å². The fourth-order valence-corrected chi connectivity index (χ4v) is 1.78. The fraction of sp³-hybridized carbons (Fsp3) is 0.571. The van der Waals surface area contributed by atoms with Crippen molar-refractivity contribution < 1.29 is 31.1 Å². The molecular weight excluding hydrogens is 242 g/mol. The number of carbonyl (C=O) groups excluding carboxylic acids is 1. The van der Waals surface area contributed by atoms with Crippen molar-refractivity contribution in [3.8, 4) is 0 Å². The molecule has 0 radical (unpaired) electrons. The molecule has 0 aromatic rings. The van der Waals surface area contributed by atoms with Gasteiger partial charge in [0.05, 0.1) is 11.6 Å². The van der Waals surface area contributed by atoms with Gasteiger partial charge < -0.3 is 10.6 Å². The Labute approximate surface area is 84.5 Å². The van der Waals surface area contributed by atoms with Crippen molar-refractivity contribution in [2.75, 3.05) is 0 Å². The normalized spacial score (nSPS) is 33.5. The van der Waals surface area contributed by atoms with Crippen LogP contribution in [0.2, 0.25) is 0 Å². The molecule has 3 nitrogen and oxygen atoms in total. The summed E-state index contributed by atoms with van der Waals surface area (Å²) in [6.45, 7) is 0. The van der Waals surface area contributed by atoms with Crippen LogP contribution in [0, 0.1) is 0 Å². The number of rotatable bonds is 0. The Kier molecular flexibility index (Phi) is 1.83. The van der Waals surface area contributed by atoms with Crippen LogP contribution in [-0.2, 0) is 0 Å². The summed E-state index contributed by atoms with van der Waals surface area (Å²) in [5, 5.41) is 3.06. The van der Waals surface area contributed by atoms with Gasteiger partial charge in [-0.15, -0.1) is 0 Å². The molecule has 9 heteroatoms. The molecule has 1 heterocycles. The zero-order valence-corrected chi connectivity index (χ0v) is 7.33. The molecule has 1 saturated heterocycles. The number of nitrogens with one attached hydrogen (secondary N) is 2. The molecule has 2 rings (SSSR count). The van der Waals surface area contributed by atoms with Gasteiger partial charge in [0.15, 0.2) is 5.54 Å².